The molecule has 1 fully saturated rings. The van der Waals surface area contributed by atoms with Crippen molar-refractivity contribution in [1.29, 1.82) is 0 Å². The molecule has 170 valence electrons. The van der Waals surface area contributed by atoms with E-state index in [2.05, 4.69) is 20.5 Å². The highest BCUT2D eigenvalue weighted by atomic mass is 127. The Hall–Kier alpha value is -2.04. The minimum atomic E-state index is 0. The molecule has 0 bridgehead atoms. The summed E-state index contributed by atoms with van der Waals surface area (Å²) in [6.07, 6.45) is 0. The predicted octanol–water partition coefficient (Wildman–Crippen LogP) is 2.89. The predicted molar refractivity (Wildman–Crippen MR) is 135 cm³/mol. The fourth-order valence-electron chi connectivity index (χ4n) is 3.24. The third-order valence-corrected chi connectivity index (χ3v) is 4.97. The zero-order chi connectivity index (χ0) is 21.0. The van der Waals surface area contributed by atoms with Crippen LogP contribution < -0.4 is 20.1 Å². The average molecular weight is 540 g/mol. The first-order valence-electron chi connectivity index (χ1n) is 10.4. The second-order valence-corrected chi connectivity index (χ2v) is 7.07. The quantitative estimate of drug-likeness (QED) is 0.290. The Morgan fingerprint density at radius 2 is 1.81 bits per heavy atom. The first-order valence-corrected chi connectivity index (χ1v) is 10.4. The Balaban J connectivity index is 0.00000341. The van der Waals surface area contributed by atoms with Crippen LogP contribution in [0.4, 0.5) is 0 Å². The van der Waals surface area contributed by atoms with E-state index in [4.69, 9.17) is 14.2 Å². The SMILES string of the molecule is CN=C(NCCN1CCOCC1)NCc1ccc(OCc2ccccc2)c(OC)c1.I. The van der Waals surface area contributed by atoms with E-state index < -0.39 is 0 Å². The minimum Gasteiger partial charge on any atom is -0.493 e. The molecule has 7 nitrogen and oxygen atoms in total. The van der Waals surface area contributed by atoms with E-state index in [-0.39, 0.29) is 24.0 Å². The first kappa shape index (κ1) is 25.2. The van der Waals surface area contributed by atoms with Crippen LogP contribution in [0.2, 0.25) is 0 Å². The van der Waals surface area contributed by atoms with Gasteiger partial charge in [-0.1, -0.05) is 36.4 Å². The van der Waals surface area contributed by atoms with E-state index >= 15 is 0 Å². The third-order valence-electron chi connectivity index (χ3n) is 4.97. The van der Waals surface area contributed by atoms with E-state index in [9.17, 15) is 0 Å². The van der Waals surface area contributed by atoms with Crippen LogP contribution in [0.1, 0.15) is 11.1 Å². The molecule has 3 rings (SSSR count). The molecule has 0 amide bonds. The summed E-state index contributed by atoms with van der Waals surface area (Å²) in [6, 6.07) is 16.1. The number of benzene rings is 2. The number of hydrogen-bond donors (Lipinski definition) is 2. The molecule has 0 spiro atoms. The fourth-order valence-corrected chi connectivity index (χ4v) is 3.24. The van der Waals surface area contributed by atoms with Crippen molar-refractivity contribution in [3.8, 4) is 11.5 Å². The van der Waals surface area contributed by atoms with Crippen LogP contribution in [0.3, 0.4) is 0 Å². The highest BCUT2D eigenvalue weighted by Crippen LogP contribution is 2.28. The van der Waals surface area contributed by atoms with E-state index in [1.165, 1.54) is 0 Å². The number of methoxy groups -OCH3 is 1. The zero-order valence-electron chi connectivity index (χ0n) is 18.3. The van der Waals surface area contributed by atoms with Crippen molar-refractivity contribution in [2.45, 2.75) is 13.2 Å². The molecule has 0 saturated carbocycles. The summed E-state index contributed by atoms with van der Waals surface area (Å²) >= 11 is 0. The van der Waals surface area contributed by atoms with Gasteiger partial charge in [-0.3, -0.25) is 9.89 Å². The normalized spacial score (nSPS) is 14.5. The smallest absolute Gasteiger partial charge is 0.191 e. The molecule has 1 heterocycles. The Bertz CT molecular complexity index is 799. The number of nitrogens with one attached hydrogen (secondary N) is 2. The molecule has 1 saturated heterocycles. The Morgan fingerprint density at radius 3 is 2.52 bits per heavy atom. The van der Waals surface area contributed by atoms with E-state index in [1.54, 1.807) is 14.2 Å². The fraction of sp³-hybridized carbons (Fsp3) is 0.435. The van der Waals surface area contributed by atoms with Crippen molar-refractivity contribution < 1.29 is 14.2 Å². The van der Waals surface area contributed by atoms with Gasteiger partial charge in [0.05, 0.1) is 20.3 Å². The topological polar surface area (TPSA) is 67.4 Å². The van der Waals surface area contributed by atoms with Gasteiger partial charge in [0.2, 0.25) is 0 Å². The van der Waals surface area contributed by atoms with Crippen LogP contribution in [0.5, 0.6) is 11.5 Å². The van der Waals surface area contributed by atoms with Gasteiger partial charge in [0.1, 0.15) is 6.61 Å². The molecule has 2 aromatic carbocycles. The summed E-state index contributed by atoms with van der Waals surface area (Å²) in [6.45, 7) is 6.60. The molecule has 2 N–H and O–H groups in total. The molecule has 31 heavy (non-hydrogen) atoms. The van der Waals surface area contributed by atoms with Gasteiger partial charge in [-0.15, -0.1) is 24.0 Å². The van der Waals surface area contributed by atoms with Crippen LogP contribution >= 0.6 is 24.0 Å². The van der Waals surface area contributed by atoms with E-state index in [0.29, 0.717) is 13.2 Å². The third kappa shape index (κ3) is 8.54. The molecular formula is C23H33IN4O3. The highest BCUT2D eigenvalue weighted by molar-refractivity contribution is 14.0. The van der Waals surface area contributed by atoms with Crippen molar-refractivity contribution in [1.82, 2.24) is 15.5 Å². The van der Waals surface area contributed by atoms with Crippen molar-refractivity contribution >= 4 is 29.9 Å². The molecule has 0 aromatic heterocycles. The standard InChI is InChI=1S/C23H32N4O3.HI/c1-24-23(25-10-11-27-12-14-29-15-13-27)26-17-20-8-9-21(22(16-20)28-2)30-18-19-6-4-3-5-7-19;/h3-9,16H,10-15,17-18H2,1-2H3,(H2,24,25,26);1H. The number of nitrogens with zero attached hydrogens (tertiary/aromatic N) is 2. The van der Waals surface area contributed by atoms with Crippen molar-refractivity contribution in [2.24, 2.45) is 4.99 Å². The maximum atomic E-state index is 5.93. The van der Waals surface area contributed by atoms with Crippen LogP contribution in [-0.2, 0) is 17.9 Å². The number of ether oxygens (including phenoxy) is 3. The van der Waals surface area contributed by atoms with Gasteiger partial charge >= 0.3 is 0 Å². The number of halogens is 1. The second-order valence-electron chi connectivity index (χ2n) is 7.07. The monoisotopic (exact) mass is 540 g/mol. The average Bonchev–Trinajstić information content (AvgIpc) is 2.81. The first-order chi connectivity index (χ1) is 14.8. The molecule has 0 aliphatic carbocycles. The Morgan fingerprint density at radius 1 is 1.03 bits per heavy atom. The maximum Gasteiger partial charge on any atom is 0.191 e. The van der Waals surface area contributed by atoms with Gasteiger partial charge in [0.25, 0.3) is 0 Å². The summed E-state index contributed by atoms with van der Waals surface area (Å²) in [5.74, 6) is 2.24. The molecule has 0 radical (unpaired) electrons. The number of rotatable bonds is 9. The van der Waals surface area contributed by atoms with Crippen molar-refractivity contribution in [3.63, 3.8) is 0 Å². The lowest BCUT2D eigenvalue weighted by Crippen LogP contribution is -2.44. The summed E-state index contributed by atoms with van der Waals surface area (Å²) < 4.78 is 16.8. The Kier molecular flexibility index (Phi) is 11.5. The molecule has 0 atom stereocenters. The summed E-state index contributed by atoms with van der Waals surface area (Å²) in [5.41, 5.74) is 2.22. The van der Waals surface area contributed by atoms with Gasteiger partial charge in [0, 0.05) is 39.8 Å². The molecule has 2 aromatic rings. The van der Waals surface area contributed by atoms with Gasteiger partial charge < -0.3 is 24.8 Å². The minimum absolute atomic E-state index is 0. The zero-order valence-corrected chi connectivity index (χ0v) is 20.6. The lowest BCUT2D eigenvalue weighted by atomic mass is 10.2. The van der Waals surface area contributed by atoms with Crippen LogP contribution in [0.25, 0.3) is 0 Å². The highest BCUT2D eigenvalue weighted by Gasteiger charge is 2.10. The maximum absolute atomic E-state index is 5.93. The number of aliphatic imine (C=N–C) groups is 1. The van der Waals surface area contributed by atoms with Gasteiger partial charge in [-0.2, -0.15) is 0 Å². The van der Waals surface area contributed by atoms with Gasteiger partial charge in [-0.05, 0) is 23.3 Å². The molecular weight excluding hydrogens is 507 g/mol. The number of hydrogen-bond acceptors (Lipinski definition) is 5. The van der Waals surface area contributed by atoms with Crippen LogP contribution in [0, 0.1) is 0 Å². The van der Waals surface area contributed by atoms with Gasteiger partial charge in [-0.25, -0.2) is 0 Å². The van der Waals surface area contributed by atoms with Crippen molar-refractivity contribution in [3.05, 3.63) is 59.7 Å². The summed E-state index contributed by atoms with van der Waals surface area (Å²) in [4.78, 5) is 6.70. The second kappa shape index (κ2) is 14.1. The number of guanidine groups is 1. The summed E-state index contributed by atoms with van der Waals surface area (Å²) in [7, 11) is 3.44. The Labute approximate surface area is 202 Å². The molecule has 1 aliphatic rings. The lowest BCUT2D eigenvalue weighted by Gasteiger charge is -2.26. The van der Waals surface area contributed by atoms with Crippen molar-refractivity contribution in [2.75, 3.05) is 53.6 Å². The number of morpholine rings is 1. The largest absolute Gasteiger partial charge is 0.493 e. The van der Waals surface area contributed by atoms with E-state index in [1.807, 2.05) is 48.5 Å². The van der Waals surface area contributed by atoms with Crippen LogP contribution in [-0.4, -0.2) is 64.4 Å². The molecule has 0 unspecified atom stereocenters. The summed E-state index contributed by atoms with van der Waals surface area (Å²) in [5, 5.41) is 6.72. The molecule has 1 aliphatic heterocycles. The van der Waals surface area contributed by atoms with Gasteiger partial charge in [0.15, 0.2) is 17.5 Å². The van der Waals surface area contributed by atoms with E-state index in [0.717, 1.165) is 68.0 Å². The molecule has 8 heteroatoms. The van der Waals surface area contributed by atoms with Crippen LogP contribution in [0.15, 0.2) is 53.5 Å². The lowest BCUT2D eigenvalue weighted by molar-refractivity contribution is 0.0389.